The minimum absolute atomic E-state index is 0.0131. The Balaban J connectivity index is 4.50. The zero-order chi connectivity index (χ0) is 42.3. The van der Waals surface area contributed by atoms with Gasteiger partial charge in [0.25, 0.3) is 0 Å². The summed E-state index contributed by atoms with van der Waals surface area (Å²) < 4.78 is 34.2. The maximum Gasteiger partial charge on any atom is 0.472 e. The highest BCUT2D eigenvalue weighted by atomic mass is 31.2. The first-order chi connectivity index (χ1) is 27.4. The zero-order valence-electron chi connectivity index (χ0n) is 36.9. The second-order valence-corrected chi connectivity index (χ2v) is 17.7. The van der Waals surface area contributed by atoms with Gasteiger partial charge in [-0.3, -0.25) is 18.6 Å². The van der Waals surface area contributed by atoms with Crippen LogP contribution in [0, 0.1) is 0 Å². The van der Waals surface area contributed by atoms with E-state index in [4.69, 9.17) is 18.5 Å². The van der Waals surface area contributed by atoms with Gasteiger partial charge in [-0.05, 0) is 44.9 Å². The summed E-state index contributed by atoms with van der Waals surface area (Å²) in [6, 6.07) is 0. The van der Waals surface area contributed by atoms with Crippen LogP contribution in [0.2, 0.25) is 0 Å². The van der Waals surface area contributed by atoms with Crippen molar-refractivity contribution in [3.05, 3.63) is 48.6 Å². The Hall–Kier alpha value is -2.07. The van der Waals surface area contributed by atoms with Crippen LogP contribution < -0.4 is 0 Å². The summed E-state index contributed by atoms with van der Waals surface area (Å²) in [5, 5.41) is 10.0. The highest BCUT2D eigenvalue weighted by molar-refractivity contribution is 7.47. The van der Waals surface area contributed by atoms with Crippen LogP contribution in [0.25, 0.3) is 0 Å². The van der Waals surface area contributed by atoms with E-state index in [2.05, 4.69) is 19.9 Å². The second kappa shape index (κ2) is 38.2. The van der Waals surface area contributed by atoms with Crippen molar-refractivity contribution in [2.75, 3.05) is 47.5 Å². The molecule has 0 rings (SSSR count). The van der Waals surface area contributed by atoms with Gasteiger partial charge in [0.1, 0.15) is 19.8 Å². The van der Waals surface area contributed by atoms with Crippen LogP contribution >= 0.6 is 7.82 Å². The molecule has 0 saturated heterocycles. The molecule has 0 aromatic carbocycles. The van der Waals surface area contributed by atoms with Crippen molar-refractivity contribution in [1.29, 1.82) is 0 Å². The normalized spacial score (nSPS) is 14.6. The Morgan fingerprint density at radius 2 is 1.18 bits per heavy atom. The van der Waals surface area contributed by atoms with Gasteiger partial charge in [-0.25, -0.2) is 4.57 Å². The van der Waals surface area contributed by atoms with E-state index >= 15 is 0 Å². The summed E-state index contributed by atoms with van der Waals surface area (Å²) in [5.41, 5.74) is 0. The third kappa shape index (κ3) is 41.9. The molecule has 0 aliphatic heterocycles. The number of esters is 2. The van der Waals surface area contributed by atoms with Crippen LogP contribution in [0.3, 0.4) is 0 Å². The Morgan fingerprint density at radius 1 is 0.632 bits per heavy atom. The van der Waals surface area contributed by atoms with Gasteiger partial charge in [0.2, 0.25) is 0 Å². The van der Waals surface area contributed by atoms with E-state index < -0.39 is 38.6 Å². The van der Waals surface area contributed by atoms with Crippen molar-refractivity contribution in [2.45, 2.75) is 187 Å². The standard InChI is InChI=1S/C46H84NO9P/c1-6-8-10-12-14-15-16-17-18-19-20-21-26-30-34-38-46(50)56-44(42-55-57(51,52)54-40-39-47(3,4)5)41-53-45(49)37-33-29-25-23-22-24-28-32-36-43(48)35-31-27-13-11-9-7-2/h23-25,27-28,31-32,36,43-44,48H,6-22,26,29-30,33-35,37-42H2,1-5H3/p+1/b25-23-,28-24-,31-27-,36-32+/t43-,44-/m1/s1. The Morgan fingerprint density at radius 3 is 1.79 bits per heavy atom. The molecule has 2 N–H and O–H groups in total. The van der Waals surface area contributed by atoms with E-state index in [1.165, 1.54) is 89.9 Å². The molecule has 0 amide bonds. The highest BCUT2D eigenvalue weighted by Crippen LogP contribution is 2.43. The number of hydrogen-bond acceptors (Lipinski definition) is 8. The number of nitrogens with zero attached hydrogens (tertiary/aromatic N) is 1. The first-order valence-corrected chi connectivity index (χ1v) is 24.0. The molecule has 0 spiro atoms. The Labute approximate surface area is 348 Å². The molecule has 0 radical (unpaired) electrons. The third-order valence-electron chi connectivity index (χ3n) is 9.44. The predicted molar refractivity (Wildman–Crippen MR) is 235 cm³/mol. The number of unbranched alkanes of at least 4 members (excludes halogenated alkanes) is 18. The average Bonchev–Trinajstić information content (AvgIpc) is 3.15. The number of likely N-dealkylation sites (N-methyl/N-ethyl adjacent to an activating group) is 1. The molecule has 11 heteroatoms. The number of ether oxygens (including phenoxy) is 2. The van der Waals surface area contributed by atoms with Gasteiger partial charge in [0.15, 0.2) is 6.10 Å². The first kappa shape index (κ1) is 54.9. The zero-order valence-corrected chi connectivity index (χ0v) is 37.8. The van der Waals surface area contributed by atoms with Crippen LogP contribution in [0.15, 0.2) is 48.6 Å². The lowest BCUT2D eigenvalue weighted by atomic mass is 10.0. The van der Waals surface area contributed by atoms with Crippen molar-refractivity contribution in [2.24, 2.45) is 0 Å². The number of aliphatic hydroxyl groups is 1. The number of phosphoric acid groups is 1. The van der Waals surface area contributed by atoms with Gasteiger partial charge in [-0.1, -0.05) is 165 Å². The molecule has 3 atom stereocenters. The molecule has 0 aliphatic rings. The lowest BCUT2D eigenvalue weighted by Crippen LogP contribution is -2.37. The van der Waals surface area contributed by atoms with Crippen LogP contribution in [-0.4, -0.2) is 86.1 Å². The molecular weight excluding hydrogens is 741 g/mol. The van der Waals surface area contributed by atoms with E-state index in [1.54, 1.807) is 6.08 Å². The van der Waals surface area contributed by atoms with Gasteiger partial charge in [0, 0.05) is 12.8 Å². The molecule has 0 saturated carbocycles. The van der Waals surface area contributed by atoms with Crippen molar-refractivity contribution in [3.63, 3.8) is 0 Å². The van der Waals surface area contributed by atoms with Crippen LogP contribution in [0.1, 0.15) is 174 Å². The summed E-state index contributed by atoms with van der Waals surface area (Å²) in [4.78, 5) is 35.3. The Kier molecular flexibility index (Phi) is 36.8. The molecule has 0 aliphatic carbocycles. The van der Waals surface area contributed by atoms with E-state index in [9.17, 15) is 24.2 Å². The van der Waals surface area contributed by atoms with E-state index in [-0.39, 0.29) is 26.1 Å². The lowest BCUT2D eigenvalue weighted by molar-refractivity contribution is -0.870. The molecule has 0 aromatic rings. The number of aliphatic hydroxyl groups excluding tert-OH is 1. The maximum atomic E-state index is 12.7. The van der Waals surface area contributed by atoms with E-state index in [1.807, 2.05) is 57.6 Å². The number of carbonyl (C=O) groups is 2. The van der Waals surface area contributed by atoms with Crippen molar-refractivity contribution < 1.29 is 47.2 Å². The number of quaternary nitrogens is 1. The van der Waals surface area contributed by atoms with Crippen molar-refractivity contribution in [1.82, 2.24) is 0 Å². The molecule has 0 fully saturated rings. The van der Waals surface area contributed by atoms with Gasteiger partial charge in [-0.15, -0.1) is 0 Å². The number of carbonyl (C=O) groups excluding carboxylic acids is 2. The number of allylic oxidation sites excluding steroid dienone is 6. The third-order valence-corrected chi connectivity index (χ3v) is 10.4. The molecule has 57 heavy (non-hydrogen) atoms. The van der Waals surface area contributed by atoms with E-state index in [0.717, 1.165) is 32.1 Å². The monoisotopic (exact) mass is 827 g/mol. The van der Waals surface area contributed by atoms with Crippen molar-refractivity contribution >= 4 is 19.8 Å². The fourth-order valence-corrected chi connectivity index (χ4v) is 6.60. The van der Waals surface area contributed by atoms with Crippen LogP contribution in [0.5, 0.6) is 0 Å². The number of phosphoric ester groups is 1. The summed E-state index contributed by atoms with van der Waals surface area (Å²) in [6.07, 6.45) is 40.5. The number of hydrogen-bond donors (Lipinski definition) is 2. The first-order valence-electron chi connectivity index (χ1n) is 22.5. The fourth-order valence-electron chi connectivity index (χ4n) is 5.86. The minimum atomic E-state index is -4.40. The van der Waals surface area contributed by atoms with Gasteiger partial charge < -0.3 is 24.0 Å². The largest absolute Gasteiger partial charge is 0.472 e. The van der Waals surface area contributed by atoms with Crippen molar-refractivity contribution in [3.8, 4) is 0 Å². The topological polar surface area (TPSA) is 129 Å². The molecule has 10 nitrogen and oxygen atoms in total. The van der Waals surface area contributed by atoms with Crippen LogP contribution in [0.4, 0.5) is 0 Å². The Bertz CT molecular complexity index is 1130. The molecule has 332 valence electrons. The SMILES string of the molecule is CCCCC/C=C\C[C@@H](O)/C=C/C=C\C/C=C\CCCC(=O)OC[C@H](COP(=O)(O)OCC[N+](C)(C)C)OC(=O)CCCCCCCCCCCCCCCCC. The van der Waals surface area contributed by atoms with E-state index in [0.29, 0.717) is 36.7 Å². The second-order valence-electron chi connectivity index (χ2n) is 16.3. The molecular formula is C46H85NO9P+. The molecule has 1 unspecified atom stereocenters. The number of rotatable bonds is 40. The fraction of sp³-hybridized carbons (Fsp3) is 0.783. The van der Waals surface area contributed by atoms with Gasteiger partial charge in [-0.2, -0.15) is 0 Å². The summed E-state index contributed by atoms with van der Waals surface area (Å²) in [6.45, 7) is 4.24. The predicted octanol–water partition coefficient (Wildman–Crippen LogP) is 11.7. The molecule has 0 bridgehead atoms. The minimum Gasteiger partial charge on any atom is -0.462 e. The summed E-state index contributed by atoms with van der Waals surface area (Å²) >= 11 is 0. The summed E-state index contributed by atoms with van der Waals surface area (Å²) in [5.74, 6) is -0.901. The quantitative estimate of drug-likeness (QED) is 0.0155. The molecule has 0 aromatic heterocycles. The maximum absolute atomic E-state index is 12.7. The average molecular weight is 827 g/mol. The lowest BCUT2D eigenvalue weighted by Gasteiger charge is -2.24. The summed E-state index contributed by atoms with van der Waals surface area (Å²) in [7, 11) is 1.41. The van der Waals surface area contributed by atoms with Crippen LogP contribution in [-0.2, 0) is 32.7 Å². The highest BCUT2D eigenvalue weighted by Gasteiger charge is 2.27. The smallest absolute Gasteiger partial charge is 0.462 e. The molecule has 0 heterocycles. The van der Waals surface area contributed by atoms with Gasteiger partial charge >= 0.3 is 19.8 Å². The van der Waals surface area contributed by atoms with Gasteiger partial charge in [0.05, 0.1) is 33.9 Å².